The molecule has 37 heavy (non-hydrogen) atoms. The van der Waals surface area contributed by atoms with Crippen LogP contribution in [0.3, 0.4) is 0 Å². The number of rotatable bonds is 8. The fraction of sp³-hybridized carbons (Fsp3) is 0.500. The van der Waals surface area contributed by atoms with E-state index in [1.54, 1.807) is 25.4 Å². The van der Waals surface area contributed by atoms with Gasteiger partial charge >= 0.3 is 6.18 Å². The molecule has 7 nitrogen and oxygen atoms in total. The molecule has 2 unspecified atom stereocenters. The Hall–Kier alpha value is -3.37. The van der Waals surface area contributed by atoms with E-state index in [0.29, 0.717) is 25.2 Å². The third-order valence-electron chi connectivity index (χ3n) is 7.51. The van der Waals surface area contributed by atoms with E-state index in [4.69, 9.17) is 0 Å². The number of aromatic nitrogens is 5. The number of nitrogens with zero attached hydrogens (tertiary/aromatic N) is 6. The van der Waals surface area contributed by atoms with Crippen molar-refractivity contribution in [1.29, 1.82) is 0 Å². The molecule has 196 valence electrons. The summed E-state index contributed by atoms with van der Waals surface area (Å²) in [6.07, 6.45) is 3.58. The van der Waals surface area contributed by atoms with Crippen molar-refractivity contribution in [3.63, 3.8) is 0 Å². The number of hydrogen-bond donors (Lipinski definition) is 0. The zero-order chi connectivity index (χ0) is 26.4. The molecule has 2 aliphatic rings. The average Bonchev–Trinajstić information content (AvgIpc) is 3.52. The van der Waals surface area contributed by atoms with Crippen molar-refractivity contribution < 1.29 is 22.4 Å². The number of halogens is 4. The Balaban J connectivity index is 1.54. The first-order valence-corrected chi connectivity index (χ1v) is 12.5. The van der Waals surface area contributed by atoms with Crippen molar-refractivity contribution in [1.82, 2.24) is 29.6 Å². The van der Waals surface area contributed by atoms with Crippen molar-refractivity contribution in [3.05, 3.63) is 65.5 Å². The number of benzene rings is 1. The third-order valence-corrected chi connectivity index (χ3v) is 7.51. The predicted octanol–water partition coefficient (Wildman–Crippen LogP) is 5.67. The highest BCUT2D eigenvalue weighted by Crippen LogP contribution is 2.46. The van der Waals surface area contributed by atoms with E-state index in [1.807, 2.05) is 0 Å². The lowest BCUT2D eigenvalue weighted by molar-refractivity contribution is -0.137. The Bertz CT molecular complexity index is 1270. The molecule has 11 heteroatoms. The molecule has 1 amide bonds. The van der Waals surface area contributed by atoms with E-state index in [9.17, 15) is 18.0 Å². The first-order valence-electron chi connectivity index (χ1n) is 12.5. The molecule has 0 aliphatic heterocycles. The van der Waals surface area contributed by atoms with E-state index in [1.165, 1.54) is 28.9 Å². The summed E-state index contributed by atoms with van der Waals surface area (Å²) in [6, 6.07) is 3.95. The second-order valence-corrected chi connectivity index (χ2v) is 10.2. The van der Waals surface area contributed by atoms with Crippen LogP contribution in [0.2, 0.25) is 0 Å². The minimum atomic E-state index is -4.72. The van der Waals surface area contributed by atoms with Crippen LogP contribution in [0.25, 0.3) is 5.95 Å². The zero-order valence-electron chi connectivity index (χ0n) is 20.6. The van der Waals surface area contributed by atoms with Crippen LogP contribution in [0.5, 0.6) is 0 Å². The van der Waals surface area contributed by atoms with Crippen LogP contribution in [0, 0.1) is 11.8 Å². The van der Waals surface area contributed by atoms with Gasteiger partial charge in [-0.3, -0.25) is 4.79 Å². The monoisotopic (exact) mass is 516 g/mol. The summed E-state index contributed by atoms with van der Waals surface area (Å²) in [5.74, 6) is -0.111. The van der Waals surface area contributed by atoms with E-state index < -0.39 is 29.4 Å². The maximum Gasteiger partial charge on any atom is 0.416 e. The van der Waals surface area contributed by atoms with Gasteiger partial charge in [0.2, 0.25) is 0 Å². The van der Waals surface area contributed by atoms with Crippen molar-refractivity contribution in [2.24, 2.45) is 11.8 Å². The second kappa shape index (κ2) is 9.50. The summed E-state index contributed by atoms with van der Waals surface area (Å²) in [6.45, 7) is 3.39. The van der Waals surface area contributed by atoms with Crippen LogP contribution in [0.4, 0.5) is 17.6 Å². The molecule has 2 saturated carbocycles. The molecule has 0 radical (unpaired) electrons. The standard InChI is InChI=1S/C26H28F4N6O/c1-16(22-33-15-34-36(22)24-31-9-4-10-32-24)35(14-17-7-8-17)23(37)18-11-20(13-21(12-18)26(28,29)30)25(2,27)19-5-3-6-19/h4,9-13,15-17,19H,3,5-8,14H2,1-2H3. The fourth-order valence-corrected chi connectivity index (χ4v) is 4.77. The van der Waals surface area contributed by atoms with Gasteiger partial charge in [0.15, 0.2) is 5.82 Å². The van der Waals surface area contributed by atoms with E-state index >= 15 is 4.39 Å². The Kier molecular flexibility index (Phi) is 6.49. The van der Waals surface area contributed by atoms with Gasteiger partial charge in [0.05, 0.1) is 11.6 Å². The van der Waals surface area contributed by atoms with Crippen LogP contribution in [-0.2, 0) is 11.8 Å². The van der Waals surface area contributed by atoms with Gasteiger partial charge in [-0.25, -0.2) is 19.3 Å². The smallest absolute Gasteiger partial charge is 0.328 e. The molecule has 0 N–H and O–H groups in total. The second-order valence-electron chi connectivity index (χ2n) is 10.2. The predicted molar refractivity (Wildman–Crippen MR) is 126 cm³/mol. The van der Waals surface area contributed by atoms with Gasteiger partial charge < -0.3 is 4.90 Å². The van der Waals surface area contributed by atoms with Gasteiger partial charge in [-0.05, 0) is 81.2 Å². The van der Waals surface area contributed by atoms with Gasteiger partial charge in [-0.2, -0.15) is 23.0 Å². The van der Waals surface area contributed by atoms with Gasteiger partial charge in [0.25, 0.3) is 11.9 Å². The summed E-state index contributed by atoms with van der Waals surface area (Å²) >= 11 is 0. The molecule has 2 atom stereocenters. The average molecular weight is 517 g/mol. The van der Waals surface area contributed by atoms with E-state index in [0.717, 1.165) is 31.4 Å². The van der Waals surface area contributed by atoms with Crippen LogP contribution in [0.15, 0.2) is 43.0 Å². The molecule has 2 fully saturated rings. The third kappa shape index (κ3) is 5.08. The Labute approximate surface area is 211 Å². The molecule has 0 spiro atoms. The summed E-state index contributed by atoms with van der Waals surface area (Å²) in [5, 5.41) is 4.19. The zero-order valence-corrected chi connectivity index (χ0v) is 20.6. The SMILES string of the molecule is CC(c1ncnn1-c1ncccn1)N(CC1CC1)C(=O)c1cc(C(F)(F)F)cc(C(C)(F)C2CCC2)c1. The molecule has 0 bridgehead atoms. The summed E-state index contributed by atoms with van der Waals surface area (Å²) < 4.78 is 58.8. The van der Waals surface area contributed by atoms with Crippen LogP contribution in [0.1, 0.15) is 79.3 Å². The topological polar surface area (TPSA) is 76.8 Å². The van der Waals surface area contributed by atoms with Gasteiger partial charge in [0, 0.05) is 24.5 Å². The van der Waals surface area contributed by atoms with E-state index in [-0.39, 0.29) is 28.9 Å². The highest BCUT2D eigenvalue weighted by molar-refractivity contribution is 5.95. The van der Waals surface area contributed by atoms with Gasteiger partial charge in [-0.1, -0.05) is 6.42 Å². The summed E-state index contributed by atoms with van der Waals surface area (Å²) in [7, 11) is 0. The number of amides is 1. The first kappa shape index (κ1) is 25.3. The maximum atomic E-state index is 15.8. The highest BCUT2D eigenvalue weighted by Gasteiger charge is 2.42. The molecule has 1 aromatic carbocycles. The maximum absolute atomic E-state index is 15.8. The van der Waals surface area contributed by atoms with Crippen molar-refractivity contribution in [3.8, 4) is 5.95 Å². The number of carbonyl (C=O) groups excluding carboxylic acids is 1. The molecule has 5 rings (SSSR count). The Morgan fingerprint density at radius 3 is 2.32 bits per heavy atom. The molecule has 2 aliphatic carbocycles. The van der Waals surface area contributed by atoms with Crippen molar-refractivity contribution >= 4 is 5.91 Å². The lowest BCUT2D eigenvalue weighted by Crippen LogP contribution is -2.37. The molecule has 3 aromatic rings. The Morgan fingerprint density at radius 2 is 1.73 bits per heavy atom. The first-order chi connectivity index (χ1) is 17.6. The largest absolute Gasteiger partial charge is 0.416 e. The van der Waals surface area contributed by atoms with Crippen molar-refractivity contribution in [2.75, 3.05) is 6.54 Å². The van der Waals surface area contributed by atoms with Crippen LogP contribution in [-0.4, -0.2) is 42.1 Å². The fourth-order valence-electron chi connectivity index (χ4n) is 4.77. The number of alkyl halides is 4. The normalized spacial score (nSPS) is 18.6. The quantitative estimate of drug-likeness (QED) is 0.361. The number of carbonyl (C=O) groups is 1. The molecule has 2 aromatic heterocycles. The summed E-state index contributed by atoms with van der Waals surface area (Å²) in [5.41, 5.74) is -3.30. The van der Waals surface area contributed by atoms with Crippen LogP contribution >= 0.6 is 0 Å². The lowest BCUT2D eigenvalue weighted by atomic mass is 9.71. The lowest BCUT2D eigenvalue weighted by Gasteiger charge is -2.37. The molecular weight excluding hydrogens is 488 g/mol. The minimum absolute atomic E-state index is 0.116. The number of hydrogen-bond acceptors (Lipinski definition) is 5. The molecule has 2 heterocycles. The Morgan fingerprint density at radius 1 is 1.05 bits per heavy atom. The highest BCUT2D eigenvalue weighted by atomic mass is 19.4. The molecule has 0 saturated heterocycles. The molecular formula is C26H28F4N6O. The van der Waals surface area contributed by atoms with Gasteiger partial charge in [-0.15, -0.1) is 0 Å². The van der Waals surface area contributed by atoms with Crippen LogP contribution < -0.4 is 0 Å². The minimum Gasteiger partial charge on any atom is -0.328 e. The van der Waals surface area contributed by atoms with Gasteiger partial charge in [0.1, 0.15) is 12.0 Å². The van der Waals surface area contributed by atoms with E-state index in [2.05, 4.69) is 20.1 Å². The summed E-state index contributed by atoms with van der Waals surface area (Å²) in [4.78, 5) is 28.0. The van der Waals surface area contributed by atoms with Crippen molar-refractivity contribution in [2.45, 2.75) is 63.8 Å².